The minimum absolute atomic E-state index is 0.0111. The molecule has 0 saturated carbocycles. The van der Waals surface area contributed by atoms with Gasteiger partial charge in [-0.2, -0.15) is 4.39 Å². The highest BCUT2D eigenvalue weighted by atomic mass is 19.1. The first-order valence-corrected chi connectivity index (χ1v) is 6.29. The first kappa shape index (κ1) is 16.0. The molecular weight excluding hydrogens is 309 g/mol. The number of nitrogens with zero attached hydrogens (tertiary/aromatic N) is 2. The standard InChI is InChI=1S/C14H10FN3O5/c15-10-5-4-9(7-12(10)18(21)22)17-13(19)8-23-14(20)11-3-1-2-6-16-11/h1-7H,8H2,(H,17,19). The van der Waals surface area contributed by atoms with Gasteiger partial charge < -0.3 is 10.1 Å². The zero-order valence-electron chi connectivity index (χ0n) is 11.6. The third-order valence-electron chi connectivity index (χ3n) is 2.63. The number of anilines is 1. The lowest BCUT2D eigenvalue weighted by molar-refractivity contribution is -0.387. The number of carbonyl (C=O) groups excluding carboxylic acids is 2. The topological polar surface area (TPSA) is 111 Å². The number of hydrogen-bond acceptors (Lipinski definition) is 6. The highest BCUT2D eigenvalue weighted by Crippen LogP contribution is 2.21. The van der Waals surface area contributed by atoms with E-state index in [4.69, 9.17) is 4.74 Å². The van der Waals surface area contributed by atoms with Gasteiger partial charge in [-0.15, -0.1) is 0 Å². The third-order valence-corrected chi connectivity index (χ3v) is 2.63. The number of pyridine rings is 1. The zero-order valence-corrected chi connectivity index (χ0v) is 11.6. The number of nitro benzene ring substituents is 1. The lowest BCUT2D eigenvalue weighted by Crippen LogP contribution is -2.21. The summed E-state index contributed by atoms with van der Waals surface area (Å²) in [5, 5.41) is 12.9. The molecule has 0 saturated heterocycles. The summed E-state index contributed by atoms with van der Waals surface area (Å²) in [4.78, 5) is 36.7. The predicted octanol–water partition coefficient (Wildman–Crippen LogP) is 1.92. The van der Waals surface area contributed by atoms with E-state index in [-0.39, 0.29) is 11.4 Å². The van der Waals surface area contributed by atoms with E-state index in [1.807, 2.05) is 0 Å². The first-order chi connectivity index (χ1) is 11.0. The quantitative estimate of drug-likeness (QED) is 0.512. The molecule has 0 spiro atoms. The van der Waals surface area contributed by atoms with Gasteiger partial charge in [0.05, 0.1) is 4.92 Å². The smallest absolute Gasteiger partial charge is 0.357 e. The monoisotopic (exact) mass is 319 g/mol. The minimum atomic E-state index is -1.02. The molecule has 1 heterocycles. The maximum Gasteiger partial charge on any atom is 0.357 e. The van der Waals surface area contributed by atoms with Gasteiger partial charge in [-0.1, -0.05) is 6.07 Å². The van der Waals surface area contributed by atoms with E-state index in [0.717, 1.165) is 18.2 Å². The molecule has 1 aromatic carbocycles. The molecule has 0 aliphatic carbocycles. The number of halogens is 1. The van der Waals surface area contributed by atoms with E-state index in [9.17, 15) is 24.1 Å². The molecule has 2 rings (SSSR count). The molecule has 1 aromatic heterocycles. The van der Waals surface area contributed by atoms with Crippen molar-refractivity contribution < 1.29 is 23.6 Å². The van der Waals surface area contributed by atoms with Crippen LogP contribution in [0.1, 0.15) is 10.5 Å². The molecule has 1 N–H and O–H groups in total. The number of esters is 1. The normalized spacial score (nSPS) is 9.96. The van der Waals surface area contributed by atoms with Crippen molar-refractivity contribution in [2.75, 3.05) is 11.9 Å². The average molecular weight is 319 g/mol. The Bertz CT molecular complexity index is 751. The molecule has 1 amide bonds. The van der Waals surface area contributed by atoms with Gasteiger partial charge in [-0.25, -0.2) is 9.78 Å². The van der Waals surface area contributed by atoms with E-state index >= 15 is 0 Å². The van der Waals surface area contributed by atoms with Gasteiger partial charge in [0.15, 0.2) is 6.61 Å². The lowest BCUT2D eigenvalue weighted by atomic mass is 10.2. The van der Waals surface area contributed by atoms with Crippen LogP contribution in [0.15, 0.2) is 42.6 Å². The van der Waals surface area contributed by atoms with Crippen LogP contribution in [-0.2, 0) is 9.53 Å². The van der Waals surface area contributed by atoms with Crippen molar-refractivity contribution in [3.63, 3.8) is 0 Å². The SMILES string of the molecule is O=C(COC(=O)c1ccccn1)Nc1ccc(F)c([N+](=O)[O-])c1. The Hall–Kier alpha value is -3.36. The van der Waals surface area contributed by atoms with Crippen molar-refractivity contribution in [1.82, 2.24) is 4.98 Å². The van der Waals surface area contributed by atoms with E-state index in [0.29, 0.717) is 0 Å². The van der Waals surface area contributed by atoms with Crippen LogP contribution < -0.4 is 5.32 Å². The highest BCUT2D eigenvalue weighted by molar-refractivity contribution is 5.95. The largest absolute Gasteiger partial charge is 0.451 e. The van der Waals surface area contributed by atoms with Gasteiger partial charge >= 0.3 is 11.7 Å². The number of nitrogens with one attached hydrogen (secondary N) is 1. The zero-order chi connectivity index (χ0) is 16.8. The second kappa shape index (κ2) is 7.07. The number of benzene rings is 1. The summed E-state index contributed by atoms with van der Waals surface area (Å²) in [6.07, 6.45) is 1.40. The number of ether oxygens (including phenoxy) is 1. The predicted molar refractivity (Wildman–Crippen MR) is 76.2 cm³/mol. The van der Waals surface area contributed by atoms with Crippen LogP contribution >= 0.6 is 0 Å². The Balaban J connectivity index is 1.94. The molecule has 0 atom stereocenters. The van der Waals surface area contributed by atoms with Crippen molar-refractivity contribution in [3.05, 3.63) is 64.2 Å². The van der Waals surface area contributed by atoms with Gasteiger partial charge in [0.1, 0.15) is 5.69 Å². The summed E-state index contributed by atoms with van der Waals surface area (Å²) < 4.78 is 17.9. The summed E-state index contributed by atoms with van der Waals surface area (Å²) in [6, 6.07) is 7.50. The molecule has 0 aliphatic rings. The second-order valence-corrected chi connectivity index (χ2v) is 4.26. The summed E-state index contributed by atoms with van der Waals surface area (Å²) in [5.41, 5.74) is -0.719. The Kier molecular flexibility index (Phi) is 4.92. The van der Waals surface area contributed by atoms with Gasteiger partial charge in [0.25, 0.3) is 5.91 Å². The molecule has 0 bridgehead atoms. The van der Waals surface area contributed by atoms with Gasteiger partial charge in [0, 0.05) is 18.0 Å². The van der Waals surface area contributed by atoms with Crippen LogP contribution in [0.3, 0.4) is 0 Å². The molecule has 2 aromatic rings. The molecule has 0 fully saturated rings. The van der Waals surface area contributed by atoms with Gasteiger partial charge in [-0.05, 0) is 24.3 Å². The number of carbonyl (C=O) groups is 2. The summed E-state index contributed by atoms with van der Waals surface area (Å²) >= 11 is 0. The molecule has 0 radical (unpaired) electrons. The molecule has 23 heavy (non-hydrogen) atoms. The molecular formula is C14H10FN3O5. The average Bonchev–Trinajstić information content (AvgIpc) is 2.55. The fraction of sp³-hybridized carbons (Fsp3) is 0.0714. The maximum absolute atomic E-state index is 13.2. The Morgan fingerprint density at radius 1 is 1.30 bits per heavy atom. The van der Waals surface area contributed by atoms with Crippen LogP contribution in [0.5, 0.6) is 0 Å². The highest BCUT2D eigenvalue weighted by Gasteiger charge is 2.16. The van der Waals surface area contributed by atoms with Crippen molar-refractivity contribution in [2.45, 2.75) is 0 Å². The van der Waals surface area contributed by atoms with E-state index in [1.54, 1.807) is 12.1 Å². The number of aromatic nitrogens is 1. The van der Waals surface area contributed by atoms with Crippen LogP contribution in [0, 0.1) is 15.9 Å². The van der Waals surface area contributed by atoms with Crippen molar-refractivity contribution in [1.29, 1.82) is 0 Å². The molecule has 8 nitrogen and oxygen atoms in total. The van der Waals surface area contributed by atoms with Crippen LogP contribution in [0.4, 0.5) is 15.8 Å². The van der Waals surface area contributed by atoms with Crippen LogP contribution in [-0.4, -0.2) is 28.4 Å². The second-order valence-electron chi connectivity index (χ2n) is 4.26. The molecule has 118 valence electrons. The van der Waals surface area contributed by atoms with E-state index in [1.165, 1.54) is 12.3 Å². The number of rotatable bonds is 5. The number of amides is 1. The van der Waals surface area contributed by atoms with Gasteiger partial charge in [0.2, 0.25) is 5.82 Å². The van der Waals surface area contributed by atoms with Crippen LogP contribution in [0.2, 0.25) is 0 Å². The lowest BCUT2D eigenvalue weighted by Gasteiger charge is -2.06. The molecule has 0 aliphatic heterocycles. The summed E-state index contributed by atoms with van der Waals surface area (Å²) in [7, 11) is 0. The number of hydrogen-bond donors (Lipinski definition) is 1. The van der Waals surface area contributed by atoms with Crippen molar-refractivity contribution in [2.24, 2.45) is 0 Å². The van der Waals surface area contributed by atoms with Crippen molar-refractivity contribution in [3.8, 4) is 0 Å². The maximum atomic E-state index is 13.2. The van der Waals surface area contributed by atoms with E-state index < -0.39 is 34.9 Å². The Morgan fingerprint density at radius 2 is 2.09 bits per heavy atom. The van der Waals surface area contributed by atoms with Crippen LogP contribution in [0.25, 0.3) is 0 Å². The third kappa shape index (κ3) is 4.30. The summed E-state index contributed by atoms with van der Waals surface area (Å²) in [6.45, 7) is -0.611. The minimum Gasteiger partial charge on any atom is -0.451 e. The Morgan fingerprint density at radius 3 is 2.74 bits per heavy atom. The Labute approximate surface area is 129 Å². The fourth-order valence-electron chi connectivity index (χ4n) is 1.62. The molecule has 9 heteroatoms. The number of nitro groups is 1. The van der Waals surface area contributed by atoms with Crippen molar-refractivity contribution >= 4 is 23.3 Å². The fourth-order valence-corrected chi connectivity index (χ4v) is 1.62. The van der Waals surface area contributed by atoms with E-state index in [2.05, 4.69) is 10.3 Å². The molecule has 0 unspecified atom stereocenters. The van der Waals surface area contributed by atoms with Gasteiger partial charge in [-0.3, -0.25) is 14.9 Å². The first-order valence-electron chi connectivity index (χ1n) is 6.29. The summed E-state index contributed by atoms with van der Waals surface area (Å²) in [5.74, 6) is -2.53.